The number of hydrogen-bond acceptors (Lipinski definition) is 6. The van der Waals surface area contributed by atoms with Crippen molar-refractivity contribution in [2.24, 2.45) is 0 Å². The second-order valence-electron chi connectivity index (χ2n) is 11.3. The van der Waals surface area contributed by atoms with E-state index in [0.717, 1.165) is 42.4 Å². The number of imidazole rings is 1. The molecule has 0 saturated carbocycles. The fraction of sp³-hybridized carbons (Fsp3) is 0.556. The Morgan fingerprint density at radius 1 is 1.00 bits per heavy atom. The number of aryl methyl sites for hydroxylation is 1. The number of β-amino-alcohol motifs (C(OH)–C–C–N with tert-alkyl or cyclic N) is 1. The number of unbranched alkanes of at least 4 members (excludes halogenated alkanes) is 3. The minimum Gasteiger partial charge on any atom is -0.392 e. The molecule has 0 spiro atoms. The Morgan fingerprint density at radius 3 is 2.20 bits per heavy atom. The predicted octanol–water partition coefficient (Wildman–Crippen LogP) is 5.01. The van der Waals surface area contributed by atoms with Gasteiger partial charge in [-0.3, -0.25) is 19.3 Å². The monoisotopic (exact) mass is 636 g/mol. The molecule has 0 aliphatic carbocycles. The van der Waals surface area contributed by atoms with Crippen LogP contribution in [0.1, 0.15) is 111 Å². The molecular formula is C36H54N5O5+. The molecule has 1 fully saturated rings. The Hall–Kier alpha value is -3.76. The normalized spacial score (nSPS) is 15.5. The third kappa shape index (κ3) is 7.44. The first-order chi connectivity index (χ1) is 22.3. The Bertz CT molecular complexity index is 1460. The van der Waals surface area contributed by atoms with Crippen molar-refractivity contribution in [3.8, 4) is 0 Å². The van der Waals surface area contributed by atoms with Gasteiger partial charge in [0.15, 0.2) is 11.0 Å². The summed E-state index contributed by atoms with van der Waals surface area (Å²) in [6.45, 7) is 14.6. The number of aliphatic hydroxyl groups is 2. The number of benzene rings is 2. The summed E-state index contributed by atoms with van der Waals surface area (Å²) in [6.07, 6.45) is 4.42. The standard InChI is InChI=1S/C32H42N5O5.2C2H6/c1-4-6-7-10-14-33(3)30(40)25-18-27-28(19-26(25)34-15-13-22(39)20-34)36(16-17-38)29(35(27)5-2)21-37-31(41)23-11-8-9-12-24(23)32(37)42;2*1-2/h8-9,11-12,18-19,22,38-39H,4-7,10,13-17,20-21H2,1-3H3;2*1-2H3/q+1;;. The Balaban J connectivity index is 0.00000139. The van der Waals surface area contributed by atoms with E-state index >= 15 is 0 Å². The van der Waals surface area contributed by atoms with E-state index in [1.54, 1.807) is 29.2 Å². The van der Waals surface area contributed by atoms with Gasteiger partial charge in [-0.15, -0.1) is 0 Å². The molecule has 10 heteroatoms. The lowest BCUT2D eigenvalue weighted by Gasteiger charge is -2.24. The summed E-state index contributed by atoms with van der Waals surface area (Å²) in [7, 11) is 1.83. The summed E-state index contributed by atoms with van der Waals surface area (Å²) in [6, 6.07) is 10.7. The van der Waals surface area contributed by atoms with Crippen LogP contribution in [0.4, 0.5) is 5.69 Å². The van der Waals surface area contributed by atoms with Crippen molar-refractivity contribution < 1.29 is 29.2 Å². The van der Waals surface area contributed by atoms with Crippen LogP contribution >= 0.6 is 0 Å². The fourth-order valence-corrected chi connectivity index (χ4v) is 6.30. The minimum absolute atomic E-state index is 0.0350. The molecule has 1 aromatic heterocycles. The molecule has 2 aromatic carbocycles. The molecule has 0 bridgehead atoms. The highest BCUT2D eigenvalue weighted by molar-refractivity contribution is 6.21. The van der Waals surface area contributed by atoms with Gasteiger partial charge in [0, 0.05) is 38.8 Å². The van der Waals surface area contributed by atoms with E-state index in [4.69, 9.17) is 0 Å². The number of anilines is 1. The Labute approximate surface area is 274 Å². The van der Waals surface area contributed by atoms with E-state index in [1.807, 2.05) is 62.9 Å². The van der Waals surface area contributed by atoms with Gasteiger partial charge in [-0.05, 0) is 31.9 Å². The van der Waals surface area contributed by atoms with Crippen LogP contribution in [0.15, 0.2) is 36.4 Å². The van der Waals surface area contributed by atoms with Gasteiger partial charge in [-0.25, -0.2) is 9.13 Å². The number of carbonyl (C=O) groups is 3. The zero-order valence-electron chi connectivity index (χ0n) is 28.9. The molecule has 2 aliphatic heterocycles. The van der Waals surface area contributed by atoms with Crippen LogP contribution in [0.2, 0.25) is 0 Å². The van der Waals surface area contributed by atoms with Crippen molar-refractivity contribution in [2.45, 2.75) is 99.4 Å². The van der Waals surface area contributed by atoms with E-state index in [-0.39, 0.29) is 37.4 Å². The lowest BCUT2D eigenvalue weighted by molar-refractivity contribution is -0.681. The number of carbonyl (C=O) groups excluding carboxylic acids is 3. The van der Waals surface area contributed by atoms with Crippen LogP contribution in [0.5, 0.6) is 0 Å². The maximum absolute atomic E-state index is 13.9. The van der Waals surface area contributed by atoms with Gasteiger partial charge in [0.2, 0.25) is 0 Å². The predicted molar refractivity (Wildman–Crippen MR) is 182 cm³/mol. The number of hydrogen-bond donors (Lipinski definition) is 2. The molecule has 10 nitrogen and oxygen atoms in total. The summed E-state index contributed by atoms with van der Waals surface area (Å²) >= 11 is 0. The summed E-state index contributed by atoms with van der Waals surface area (Å²) in [5.41, 5.74) is 3.68. The fourth-order valence-electron chi connectivity index (χ4n) is 6.30. The molecule has 252 valence electrons. The third-order valence-electron chi connectivity index (χ3n) is 8.54. The molecule has 3 heterocycles. The summed E-state index contributed by atoms with van der Waals surface area (Å²) in [5.74, 6) is -0.0667. The molecule has 1 saturated heterocycles. The number of aromatic nitrogens is 2. The largest absolute Gasteiger partial charge is 0.392 e. The van der Waals surface area contributed by atoms with Crippen molar-refractivity contribution in [3.63, 3.8) is 0 Å². The quantitative estimate of drug-likeness (QED) is 0.164. The lowest BCUT2D eigenvalue weighted by atomic mass is 10.1. The average molecular weight is 637 g/mol. The number of fused-ring (bicyclic) bond motifs is 2. The Kier molecular flexibility index (Phi) is 13.8. The summed E-state index contributed by atoms with van der Waals surface area (Å²) in [5, 5.41) is 20.4. The number of aliphatic hydroxyl groups excluding tert-OH is 2. The zero-order valence-corrected chi connectivity index (χ0v) is 28.9. The van der Waals surface area contributed by atoms with Crippen molar-refractivity contribution >= 4 is 34.4 Å². The van der Waals surface area contributed by atoms with Crippen molar-refractivity contribution in [1.82, 2.24) is 14.4 Å². The zero-order chi connectivity index (χ0) is 34.0. The summed E-state index contributed by atoms with van der Waals surface area (Å²) in [4.78, 5) is 45.5. The van der Waals surface area contributed by atoms with Gasteiger partial charge in [0.05, 0.1) is 41.6 Å². The van der Waals surface area contributed by atoms with E-state index in [9.17, 15) is 24.6 Å². The molecule has 2 N–H and O–H groups in total. The number of rotatable bonds is 12. The molecule has 1 unspecified atom stereocenters. The maximum atomic E-state index is 13.9. The molecule has 1 atom stereocenters. The van der Waals surface area contributed by atoms with Crippen LogP contribution in [0.25, 0.3) is 11.0 Å². The highest BCUT2D eigenvalue weighted by atomic mass is 16.3. The van der Waals surface area contributed by atoms with Crippen LogP contribution in [0, 0.1) is 0 Å². The van der Waals surface area contributed by atoms with E-state index in [0.29, 0.717) is 55.1 Å². The Morgan fingerprint density at radius 2 is 1.65 bits per heavy atom. The highest BCUT2D eigenvalue weighted by Gasteiger charge is 2.39. The first-order valence-corrected chi connectivity index (χ1v) is 17.1. The molecule has 2 aliphatic rings. The number of amides is 3. The van der Waals surface area contributed by atoms with Gasteiger partial charge in [-0.1, -0.05) is 66.0 Å². The topological polar surface area (TPSA) is 110 Å². The second kappa shape index (κ2) is 17.2. The van der Waals surface area contributed by atoms with Gasteiger partial charge in [0.1, 0.15) is 13.1 Å². The average Bonchev–Trinajstić information content (AvgIpc) is 3.72. The van der Waals surface area contributed by atoms with Gasteiger partial charge in [0.25, 0.3) is 23.5 Å². The molecule has 0 radical (unpaired) electrons. The van der Waals surface area contributed by atoms with Crippen LogP contribution in [0.3, 0.4) is 0 Å². The van der Waals surface area contributed by atoms with E-state index < -0.39 is 6.10 Å². The first-order valence-electron chi connectivity index (χ1n) is 17.1. The third-order valence-corrected chi connectivity index (χ3v) is 8.54. The summed E-state index contributed by atoms with van der Waals surface area (Å²) < 4.78 is 3.97. The lowest BCUT2D eigenvalue weighted by Crippen LogP contribution is -2.43. The number of nitrogens with zero attached hydrogens (tertiary/aromatic N) is 5. The second-order valence-corrected chi connectivity index (χ2v) is 11.3. The smallest absolute Gasteiger partial charge is 0.278 e. The highest BCUT2D eigenvalue weighted by Crippen LogP contribution is 2.32. The number of imide groups is 1. The van der Waals surface area contributed by atoms with Gasteiger partial charge in [-0.2, -0.15) is 0 Å². The van der Waals surface area contributed by atoms with Crippen molar-refractivity contribution in [2.75, 3.05) is 38.2 Å². The van der Waals surface area contributed by atoms with E-state index in [1.165, 1.54) is 4.90 Å². The van der Waals surface area contributed by atoms with Gasteiger partial charge >= 0.3 is 0 Å². The minimum atomic E-state index is -0.468. The van der Waals surface area contributed by atoms with E-state index in [2.05, 4.69) is 11.8 Å². The SMILES string of the molecule is CC.CC.CCCCCCN(C)C(=O)c1cc2c(cc1N1CCC(O)C1)[n+](CCO)c(CN1C(=O)c3ccccc3C1=O)n2CC. The van der Waals surface area contributed by atoms with Crippen LogP contribution in [-0.4, -0.2) is 81.7 Å². The van der Waals surface area contributed by atoms with Crippen molar-refractivity contribution in [1.29, 1.82) is 0 Å². The van der Waals surface area contributed by atoms with Crippen LogP contribution in [-0.2, 0) is 19.6 Å². The van der Waals surface area contributed by atoms with Gasteiger partial charge < -0.3 is 20.0 Å². The first kappa shape index (κ1) is 36.7. The molecule has 5 rings (SSSR count). The molecule has 3 amide bonds. The molecular weight excluding hydrogens is 582 g/mol. The molecule has 3 aromatic rings. The van der Waals surface area contributed by atoms with Crippen molar-refractivity contribution in [3.05, 3.63) is 58.9 Å². The molecule has 46 heavy (non-hydrogen) atoms. The maximum Gasteiger partial charge on any atom is 0.278 e. The van der Waals surface area contributed by atoms with Crippen LogP contribution < -0.4 is 9.47 Å².